The molecule has 2 heteroatoms. The van der Waals surface area contributed by atoms with Gasteiger partial charge in [-0.1, -0.05) is 35.8 Å². The molecule has 0 bridgehead atoms. The maximum absolute atomic E-state index is 4.17. The lowest BCUT2D eigenvalue weighted by Gasteiger charge is -2.14. The fourth-order valence-corrected chi connectivity index (χ4v) is 1.40. The van der Waals surface area contributed by atoms with Crippen LogP contribution in [0.25, 0.3) is 0 Å². The molecule has 1 nitrogen and oxygen atoms in total. The minimum Gasteiger partial charge on any atom is -0.264 e. The van der Waals surface area contributed by atoms with E-state index in [1.807, 2.05) is 12.4 Å². The maximum Gasteiger partial charge on any atom is 0.0303 e. The first-order valence-corrected chi connectivity index (χ1v) is 5.08. The average molecular weight is 228 g/mol. The van der Waals surface area contributed by atoms with E-state index in [2.05, 4.69) is 47.8 Å². The molecule has 0 aliphatic carbocycles. The van der Waals surface area contributed by atoms with E-state index in [0.717, 1.165) is 0 Å². The van der Waals surface area contributed by atoms with E-state index < -0.39 is 0 Å². The number of pyridine rings is 1. The minimum atomic E-state index is 0.501. The molecule has 0 amide bonds. The molecule has 0 aliphatic rings. The summed E-state index contributed by atoms with van der Waals surface area (Å²) in [4.78, 5) is 4.67. The van der Waals surface area contributed by atoms with E-state index >= 15 is 0 Å². The summed E-state index contributed by atoms with van der Waals surface area (Å²) in [5.41, 5.74) is 2.53. The largest absolute Gasteiger partial charge is 0.264 e. The Balaban J connectivity index is 2.88. The Morgan fingerprint density at radius 2 is 2.00 bits per heavy atom. The molecule has 12 heavy (non-hydrogen) atoms. The molecular formula is C10H14BrN. The molecule has 1 rings (SSSR count). The summed E-state index contributed by atoms with van der Waals surface area (Å²) in [5.74, 6) is 0.525. The zero-order chi connectivity index (χ0) is 9.14. The average Bonchev–Trinajstić information content (AvgIpc) is 2.03. The van der Waals surface area contributed by atoms with E-state index in [1.165, 1.54) is 11.1 Å². The van der Waals surface area contributed by atoms with Crippen LogP contribution in [0.3, 0.4) is 0 Å². The van der Waals surface area contributed by atoms with Crippen molar-refractivity contribution in [2.24, 2.45) is 0 Å². The van der Waals surface area contributed by atoms with Crippen molar-refractivity contribution in [3.05, 3.63) is 29.6 Å². The highest BCUT2D eigenvalue weighted by Gasteiger charge is 2.10. The van der Waals surface area contributed by atoms with Gasteiger partial charge in [0.05, 0.1) is 0 Å². The Bertz CT molecular complexity index is 258. The normalized spacial score (nSPS) is 15.7. The van der Waals surface area contributed by atoms with E-state index in [4.69, 9.17) is 0 Å². The van der Waals surface area contributed by atoms with Crippen LogP contribution in [0.5, 0.6) is 0 Å². The third-order valence-electron chi connectivity index (χ3n) is 2.11. The highest BCUT2D eigenvalue weighted by Crippen LogP contribution is 2.23. The second kappa shape index (κ2) is 4.04. The molecule has 0 radical (unpaired) electrons. The topological polar surface area (TPSA) is 12.9 Å². The number of rotatable bonds is 2. The predicted octanol–water partition coefficient (Wildman–Crippen LogP) is 3.28. The molecule has 0 saturated carbocycles. The molecule has 2 unspecified atom stereocenters. The maximum atomic E-state index is 4.17. The van der Waals surface area contributed by atoms with Gasteiger partial charge in [0.1, 0.15) is 0 Å². The highest BCUT2D eigenvalue weighted by molar-refractivity contribution is 9.09. The van der Waals surface area contributed by atoms with E-state index in [-0.39, 0.29) is 0 Å². The molecule has 0 saturated heterocycles. The third-order valence-corrected chi connectivity index (χ3v) is 2.90. The van der Waals surface area contributed by atoms with Crippen molar-refractivity contribution >= 4 is 15.9 Å². The standard InChI is InChI=1S/C10H14BrN/c1-7-4-10(6-12-5-7)8(2)9(3)11/h4-6,8-9H,1-3H3. The van der Waals surface area contributed by atoms with Gasteiger partial charge in [0.2, 0.25) is 0 Å². The monoisotopic (exact) mass is 227 g/mol. The van der Waals surface area contributed by atoms with Crippen molar-refractivity contribution in [2.45, 2.75) is 31.5 Å². The van der Waals surface area contributed by atoms with Gasteiger partial charge >= 0.3 is 0 Å². The van der Waals surface area contributed by atoms with Crippen LogP contribution in [0.4, 0.5) is 0 Å². The van der Waals surface area contributed by atoms with Gasteiger partial charge in [0.25, 0.3) is 0 Å². The molecular weight excluding hydrogens is 214 g/mol. The lowest BCUT2D eigenvalue weighted by Crippen LogP contribution is -2.04. The van der Waals surface area contributed by atoms with Gasteiger partial charge in [0, 0.05) is 17.2 Å². The summed E-state index contributed by atoms with van der Waals surface area (Å²) < 4.78 is 0. The van der Waals surface area contributed by atoms with Gasteiger partial charge in [-0.2, -0.15) is 0 Å². The van der Waals surface area contributed by atoms with E-state index in [9.17, 15) is 0 Å². The number of aryl methyl sites for hydroxylation is 1. The van der Waals surface area contributed by atoms with Crippen LogP contribution in [0, 0.1) is 6.92 Å². The first-order chi connectivity index (χ1) is 5.61. The highest BCUT2D eigenvalue weighted by atomic mass is 79.9. The second-order valence-electron chi connectivity index (χ2n) is 3.26. The van der Waals surface area contributed by atoms with Gasteiger partial charge < -0.3 is 0 Å². The number of hydrogen-bond acceptors (Lipinski definition) is 1. The summed E-state index contributed by atoms with van der Waals surface area (Å²) in [7, 11) is 0. The Morgan fingerprint density at radius 3 is 2.50 bits per heavy atom. The van der Waals surface area contributed by atoms with Crippen molar-refractivity contribution < 1.29 is 0 Å². The van der Waals surface area contributed by atoms with E-state index in [1.54, 1.807) is 0 Å². The Labute approximate surface area is 82.3 Å². The van der Waals surface area contributed by atoms with Gasteiger partial charge in [-0.25, -0.2) is 0 Å². The van der Waals surface area contributed by atoms with Crippen LogP contribution in [0.1, 0.15) is 30.9 Å². The predicted molar refractivity (Wildman–Crippen MR) is 55.8 cm³/mol. The number of nitrogens with zero attached hydrogens (tertiary/aromatic N) is 1. The van der Waals surface area contributed by atoms with Crippen LogP contribution in [-0.2, 0) is 0 Å². The van der Waals surface area contributed by atoms with Crippen LogP contribution in [-0.4, -0.2) is 9.81 Å². The second-order valence-corrected chi connectivity index (χ2v) is 4.71. The SMILES string of the molecule is Cc1cncc(C(C)C(C)Br)c1. The molecule has 66 valence electrons. The van der Waals surface area contributed by atoms with Crippen LogP contribution in [0.2, 0.25) is 0 Å². The van der Waals surface area contributed by atoms with Gasteiger partial charge in [-0.15, -0.1) is 0 Å². The van der Waals surface area contributed by atoms with Crippen LogP contribution >= 0.6 is 15.9 Å². The third kappa shape index (κ3) is 2.31. The van der Waals surface area contributed by atoms with Crippen molar-refractivity contribution in [1.82, 2.24) is 4.98 Å². The molecule has 0 aliphatic heterocycles. The number of aromatic nitrogens is 1. The summed E-state index contributed by atoms with van der Waals surface area (Å²) in [6, 6.07) is 2.19. The van der Waals surface area contributed by atoms with Crippen LogP contribution in [0.15, 0.2) is 18.5 Å². The molecule has 1 aromatic rings. The fourth-order valence-electron chi connectivity index (χ4n) is 1.09. The van der Waals surface area contributed by atoms with Crippen molar-refractivity contribution in [1.29, 1.82) is 0 Å². The summed E-state index contributed by atoms with van der Waals surface area (Å²) >= 11 is 3.57. The molecule has 0 aromatic carbocycles. The zero-order valence-electron chi connectivity index (χ0n) is 7.71. The first kappa shape index (κ1) is 9.72. The number of halogens is 1. The van der Waals surface area contributed by atoms with Crippen molar-refractivity contribution in [2.75, 3.05) is 0 Å². The molecule has 0 spiro atoms. The minimum absolute atomic E-state index is 0.501. The summed E-state index contributed by atoms with van der Waals surface area (Å²) in [6.45, 7) is 6.44. The number of alkyl halides is 1. The van der Waals surface area contributed by atoms with Crippen molar-refractivity contribution in [3.8, 4) is 0 Å². The Hall–Kier alpha value is -0.370. The first-order valence-electron chi connectivity index (χ1n) is 4.17. The van der Waals surface area contributed by atoms with Crippen molar-refractivity contribution in [3.63, 3.8) is 0 Å². The lowest BCUT2D eigenvalue weighted by atomic mass is 9.99. The fraction of sp³-hybridized carbons (Fsp3) is 0.500. The van der Waals surface area contributed by atoms with Crippen LogP contribution < -0.4 is 0 Å². The number of hydrogen-bond donors (Lipinski definition) is 0. The molecule has 1 heterocycles. The van der Waals surface area contributed by atoms with Gasteiger partial charge in [-0.05, 0) is 24.0 Å². The Kier molecular flexibility index (Phi) is 3.27. The zero-order valence-corrected chi connectivity index (χ0v) is 9.30. The molecule has 0 fully saturated rings. The van der Waals surface area contributed by atoms with Gasteiger partial charge in [0.15, 0.2) is 0 Å². The van der Waals surface area contributed by atoms with E-state index in [0.29, 0.717) is 10.7 Å². The lowest BCUT2D eigenvalue weighted by molar-refractivity contribution is 0.756. The summed E-state index contributed by atoms with van der Waals surface area (Å²) in [6.07, 6.45) is 3.82. The quantitative estimate of drug-likeness (QED) is 0.708. The molecule has 2 atom stereocenters. The Morgan fingerprint density at radius 1 is 1.33 bits per heavy atom. The van der Waals surface area contributed by atoms with Gasteiger partial charge in [-0.3, -0.25) is 4.98 Å². The smallest absolute Gasteiger partial charge is 0.0303 e. The summed E-state index contributed by atoms with van der Waals surface area (Å²) in [5, 5.41) is 0. The molecule has 0 N–H and O–H groups in total. The molecule has 1 aromatic heterocycles.